The molecule has 1 N–H and O–H groups in total. The molecule has 0 saturated carbocycles. The largest absolute Gasteiger partial charge is 0.478 e. The highest BCUT2D eigenvalue weighted by Crippen LogP contribution is 2.31. The highest BCUT2D eigenvalue weighted by atomic mass is 35.5. The van der Waals surface area contributed by atoms with Crippen molar-refractivity contribution in [2.75, 3.05) is 0 Å². The Morgan fingerprint density at radius 2 is 1.95 bits per heavy atom. The normalized spacial score (nSPS) is 9.89. The second-order valence-corrected chi connectivity index (χ2v) is 5.24. The predicted molar refractivity (Wildman–Crippen MR) is 73.7 cm³/mol. The molecule has 0 atom stereocenters. The molecule has 2 aromatic carbocycles. The van der Waals surface area contributed by atoms with Gasteiger partial charge in [0.15, 0.2) is 0 Å². The van der Waals surface area contributed by atoms with Crippen molar-refractivity contribution in [3.05, 3.63) is 58.6 Å². The van der Waals surface area contributed by atoms with Crippen molar-refractivity contribution in [2.45, 2.75) is 9.79 Å². The summed E-state index contributed by atoms with van der Waals surface area (Å²) in [4.78, 5) is 12.5. The summed E-state index contributed by atoms with van der Waals surface area (Å²) in [6.45, 7) is 0. The maximum atomic E-state index is 10.9. The van der Waals surface area contributed by atoms with Crippen molar-refractivity contribution in [2.24, 2.45) is 0 Å². The second kappa shape index (κ2) is 5.79. The Morgan fingerprint density at radius 1 is 1.21 bits per heavy atom. The van der Waals surface area contributed by atoms with Crippen molar-refractivity contribution in [3.63, 3.8) is 0 Å². The first-order valence-corrected chi connectivity index (χ1v) is 6.50. The van der Waals surface area contributed by atoms with E-state index < -0.39 is 5.97 Å². The van der Waals surface area contributed by atoms with E-state index in [1.165, 1.54) is 17.8 Å². The Labute approximate surface area is 119 Å². The van der Waals surface area contributed by atoms with E-state index in [0.29, 0.717) is 10.6 Å². The molecule has 0 aliphatic rings. The van der Waals surface area contributed by atoms with E-state index in [0.717, 1.165) is 9.79 Å². The lowest BCUT2D eigenvalue weighted by atomic mass is 10.2. The molecule has 0 radical (unpaired) electrons. The average Bonchev–Trinajstić information content (AvgIpc) is 2.39. The Bertz CT molecular complexity index is 679. The number of hydrogen-bond acceptors (Lipinski definition) is 3. The van der Waals surface area contributed by atoms with Gasteiger partial charge in [0.1, 0.15) is 6.07 Å². The Morgan fingerprint density at radius 3 is 2.58 bits per heavy atom. The number of hydrogen-bond donors (Lipinski definition) is 1. The molecule has 0 fully saturated rings. The molecule has 0 aliphatic carbocycles. The fourth-order valence-corrected chi connectivity index (χ4v) is 2.68. The zero-order valence-corrected chi connectivity index (χ0v) is 11.2. The molecule has 0 saturated heterocycles. The first-order chi connectivity index (χ1) is 9.10. The number of benzene rings is 2. The molecular formula is C14H8ClNO2S. The molecular weight excluding hydrogens is 282 g/mol. The van der Waals surface area contributed by atoms with Crippen LogP contribution in [0.15, 0.2) is 52.3 Å². The third kappa shape index (κ3) is 3.28. The number of carbonyl (C=O) groups is 1. The van der Waals surface area contributed by atoms with E-state index in [1.54, 1.807) is 30.3 Å². The van der Waals surface area contributed by atoms with E-state index >= 15 is 0 Å². The molecule has 0 amide bonds. The summed E-state index contributed by atoms with van der Waals surface area (Å²) in [6.07, 6.45) is 0. The van der Waals surface area contributed by atoms with Crippen LogP contribution in [0.1, 0.15) is 15.9 Å². The van der Waals surface area contributed by atoms with Crippen LogP contribution in [0.5, 0.6) is 0 Å². The standard InChI is InChI=1S/C14H8ClNO2S/c15-13-7-12(5-4-10(13)8-16)19-11-3-1-2-9(6-11)14(17)18/h1-7H,(H,17,18). The molecule has 19 heavy (non-hydrogen) atoms. The van der Waals surface area contributed by atoms with Gasteiger partial charge in [-0.25, -0.2) is 4.79 Å². The third-order valence-electron chi connectivity index (χ3n) is 2.38. The molecule has 94 valence electrons. The van der Waals surface area contributed by atoms with Crippen molar-refractivity contribution < 1.29 is 9.90 Å². The molecule has 3 nitrogen and oxygen atoms in total. The number of carboxylic acid groups (broad SMARTS) is 1. The Hall–Kier alpha value is -1.96. The summed E-state index contributed by atoms with van der Waals surface area (Å²) in [6, 6.07) is 13.8. The zero-order valence-electron chi connectivity index (χ0n) is 9.63. The minimum absolute atomic E-state index is 0.241. The minimum Gasteiger partial charge on any atom is -0.478 e. The van der Waals surface area contributed by atoms with Gasteiger partial charge in [-0.05, 0) is 36.4 Å². The monoisotopic (exact) mass is 289 g/mol. The van der Waals surface area contributed by atoms with Crippen LogP contribution in [0.25, 0.3) is 0 Å². The molecule has 0 spiro atoms. The van der Waals surface area contributed by atoms with Gasteiger partial charge < -0.3 is 5.11 Å². The van der Waals surface area contributed by atoms with Crippen LogP contribution in [0.4, 0.5) is 0 Å². The number of aromatic carboxylic acids is 1. The average molecular weight is 290 g/mol. The highest BCUT2D eigenvalue weighted by molar-refractivity contribution is 7.99. The van der Waals surface area contributed by atoms with Crippen molar-refractivity contribution in [1.82, 2.24) is 0 Å². The van der Waals surface area contributed by atoms with Gasteiger partial charge >= 0.3 is 5.97 Å². The lowest BCUT2D eigenvalue weighted by Gasteiger charge is -2.04. The fourth-order valence-electron chi connectivity index (χ4n) is 1.48. The van der Waals surface area contributed by atoms with E-state index in [9.17, 15) is 4.79 Å². The number of nitriles is 1. The van der Waals surface area contributed by atoms with Gasteiger partial charge in [0, 0.05) is 9.79 Å². The van der Waals surface area contributed by atoms with Gasteiger partial charge in [-0.2, -0.15) is 5.26 Å². The zero-order chi connectivity index (χ0) is 13.8. The van der Waals surface area contributed by atoms with Crippen LogP contribution >= 0.6 is 23.4 Å². The van der Waals surface area contributed by atoms with E-state index in [4.69, 9.17) is 22.0 Å². The molecule has 2 rings (SSSR count). The minimum atomic E-state index is -0.958. The van der Waals surface area contributed by atoms with Crippen LogP contribution in [-0.2, 0) is 0 Å². The van der Waals surface area contributed by atoms with Crippen LogP contribution in [0.2, 0.25) is 5.02 Å². The van der Waals surface area contributed by atoms with Gasteiger partial charge in [0.2, 0.25) is 0 Å². The van der Waals surface area contributed by atoms with Crippen LogP contribution < -0.4 is 0 Å². The van der Waals surface area contributed by atoms with Crippen LogP contribution in [0.3, 0.4) is 0 Å². The van der Waals surface area contributed by atoms with Crippen molar-refractivity contribution >= 4 is 29.3 Å². The van der Waals surface area contributed by atoms with Crippen LogP contribution in [-0.4, -0.2) is 11.1 Å². The lowest BCUT2D eigenvalue weighted by molar-refractivity contribution is 0.0696. The molecule has 0 unspecified atom stereocenters. The molecule has 5 heteroatoms. The molecule has 0 aromatic heterocycles. The Kier molecular flexibility index (Phi) is 4.10. The quantitative estimate of drug-likeness (QED) is 0.925. The SMILES string of the molecule is N#Cc1ccc(Sc2cccc(C(=O)O)c2)cc1Cl. The number of rotatable bonds is 3. The highest BCUT2D eigenvalue weighted by Gasteiger charge is 2.06. The second-order valence-electron chi connectivity index (χ2n) is 3.69. The van der Waals surface area contributed by atoms with Gasteiger partial charge in [-0.3, -0.25) is 0 Å². The number of carboxylic acids is 1. The van der Waals surface area contributed by atoms with Crippen molar-refractivity contribution in [3.8, 4) is 6.07 Å². The smallest absolute Gasteiger partial charge is 0.335 e. The van der Waals surface area contributed by atoms with Gasteiger partial charge in [-0.15, -0.1) is 0 Å². The van der Waals surface area contributed by atoms with Gasteiger partial charge in [0.05, 0.1) is 16.1 Å². The fraction of sp³-hybridized carbons (Fsp3) is 0. The summed E-state index contributed by atoms with van der Waals surface area (Å²) in [7, 11) is 0. The molecule has 0 heterocycles. The van der Waals surface area contributed by atoms with E-state index in [-0.39, 0.29) is 5.56 Å². The molecule has 0 bridgehead atoms. The Balaban J connectivity index is 2.26. The topological polar surface area (TPSA) is 61.1 Å². The summed E-state index contributed by atoms with van der Waals surface area (Å²) >= 11 is 7.34. The van der Waals surface area contributed by atoms with E-state index in [2.05, 4.69) is 0 Å². The summed E-state index contributed by atoms with van der Waals surface area (Å²) in [5.41, 5.74) is 0.662. The van der Waals surface area contributed by atoms with Crippen LogP contribution in [0, 0.1) is 11.3 Å². The number of nitrogens with zero attached hydrogens (tertiary/aromatic N) is 1. The van der Waals surface area contributed by atoms with Crippen molar-refractivity contribution in [1.29, 1.82) is 5.26 Å². The lowest BCUT2D eigenvalue weighted by Crippen LogP contribution is -1.95. The molecule has 0 aliphatic heterocycles. The number of halogens is 1. The first kappa shape index (κ1) is 13.5. The maximum absolute atomic E-state index is 10.9. The summed E-state index contributed by atoms with van der Waals surface area (Å²) < 4.78 is 0. The summed E-state index contributed by atoms with van der Waals surface area (Å²) in [5.74, 6) is -0.958. The van der Waals surface area contributed by atoms with E-state index in [1.807, 2.05) is 12.1 Å². The molecule has 2 aromatic rings. The maximum Gasteiger partial charge on any atom is 0.335 e. The van der Waals surface area contributed by atoms with Gasteiger partial charge in [0.25, 0.3) is 0 Å². The first-order valence-electron chi connectivity index (χ1n) is 5.31. The predicted octanol–water partition coefficient (Wildman–Crippen LogP) is 4.06. The summed E-state index contributed by atoms with van der Waals surface area (Å²) in [5, 5.41) is 18.1. The van der Waals surface area contributed by atoms with Gasteiger partial charge in [-0.1, -0.05) is 29.4 Å². The third-order valence-corrected chi connectivity index (χ3v) is 3.67.